The second-order valence-corrected chi connectivity index (χ2v) is 6.07. The molecule has 0 unspecified atom stereocenters. The summed E-state index contributed by atoms with van der Waals surface area (Å²) in [6.45, 7) is 4.57. The first-order valence-electron chi connectivity index (χ1n) is 8.06. The zero-order valence-corrected chi connectivity index (χ0v) is 14.2. The highest BCUT2D eigenvalue weighted by atomic mass is 16.5. The molecular formula is C18H21N3O3. The molecule has 0 aliphatic carbocycles. The minimum Gasteiger partial charge on any atom is -0.426 e. The van der Waals surface area contributed by atoms with E-state index < -0.39 is 0 Å². The molecule has 1 aromatic carbocycles. The summed E-state index contributed by atoms with van der Waals surface area (Å²) in [6.07, 6.45) is 1.68. The quantitative estimate of drug-likeness (QED) is 0.638. The molecule has 1 aliphatic heterocycles. The van der Waals surface area contributed by atoms with Gasteiger partial charge in [0.2, 0.25) is 5.91 Å². The fourth-order valence-electron chi connectivity index (χ4n) is 3.00. The number of carbonyl (C=O) groups is 2. The van der Waals surface area contributed by atoms with Crippen molar-refractivity contribution in [3.63, 3.8) is 0 Å². The van der Waals surface area contributed by atoms with Crippen LogP contribution in [-0.4, -0.2) is 28.2 Å². The lowest BCUT2D eigenvalue weighted by Crippen LogP contribution is -2.23. The molecule has 0 bridgehead atoms. The summed E-state index contributed by atoms with van der Waals surface area (Å²) < 4.78 is 7.17. The van der Waals surface area contributed by atoms with Gasteiger partial charge in [0.15, 0.2) is 0 Å². The van der Waals surface area contributed by atoms with Crippen LogP contribution in [0.2, 0.25) is 0 Å². The number of carbonyl (C=O) groups excluding carboxylic acids is 2. The van der Waals surface area contributed by atoms with E-state index in [2.05, 4.69) is 5.10 Å². The molecule has 24 heavy (non-hydrogen) atoms. The number of ether oxygens (including phenoxy) is 1. The summed E-state index contributed by atoms with van der Waals surface area (Å²) >= 11 is 0. The molecule has 0 spiro atoms. The predicted molar refractivity (Wildman–Crippen MR) is 90.1 cm³/mol. The lowest BCUT2D eigenvalue weighted by atomic mass is 10.1. The highest BCUT2D eigenvalue weighted by molar-refractivity contribution is 5.95. The maximum absolute atomic E-state index is 12.2. The summed E-state index contributed by atoms with van der Waals surface area (Å²) in [5.74, 6) is 0.302. The number of hydrogen-bond donors (Lipinski definition) is 0. The molecule has 6 nitrogen and oxygen atoms in total. The molecule has 1 aliphatic rings. The number of hydrogen-bond acceptors (Lipinski definition) is 4. The molecule has 0 radical (unpaired) electrons. The molecule has 1 amide bonds. The van der Waals surface area contributed by atoms with E-state index in [9.17, 15) is 9.59 Å². The fraction of sp³-hybridized carbons (Fsp3) is 0.389. The third-order valence-electron chi connectivity index (χ3n) is 4.43. The minimum atomic E-state index is -0.320. The molecule has 0 atom stereocenters. The van der Waals surface area contributed by atoms with Crippen molar-refractivity contribution in [2.75, 3.05) is 11.4 Å². The molecule has 0 saturated carbocycles. The van der Waals surface area contributed by atoms with Crippen molar-refractivity contribution in [1.82, 2.24) is 9.78 Å². The summed E-state index contributed by atoms with van der Waals surface area (Å²) in [7, 11) is 1.86. The molecule has 3 rings (SSSR count). The van der Waals surface area contributed by atoms with E-state index in [1.54, 1.807) is 21.7 Å². The molecule has 1 saturated heterocycles. The van der Waals surface area contributed by atoms with E-state index in [1.165, 1.54) is 0 Å². The number of anilines is 1. The Kier molecular flexibility index (Phi) is 4.38. The Hall–Kier alpha value is -2.63. The number of rotatable bonds is 4. The summed E-state index contributed by atoms with van der Waals surface area (Å²) in [5.41, 5.74) is 3.56. The van der Waals surface area contributed by atoms with E-state index in [0.717, 1.165) is 35.6 Å². The van der Waals surface area contributed by atoms with Crippen molar-refractivity contribution < 1.29 is 14.3 Å². The van der Waals surface area contributed by atoms with Gasteiger partial charge in [0, 0.05) is 37.0 Å². The SMILES string of the molecule is Cc1nn(C)c(C)c1CC(=O)Oc1ccc(N2CCCC2=O)cc1. The number of nitrogens with zero attached hydrogens (tertiary/aromatic N) is 3. The smallest absolute Gasteiger partial charge is 0.315 e. The molecular weight excluding hydrogens is 306 g/mol. The normalized spacial score (nSPS) is 14.3. The van der Waals surface area contributed by atoms with Gasteiger partial charge < -0.3 is 9.64 Å². The Morgan fingerprint density at radius 1 is 1.25 bits per heavy atom. The van der Waals surface area contributed by atoms with E-state index in [4.69, 9.17) is 4.74 Å². The van der Waals surface area contributed by atoms with Crippen molar-refractivity contribution in [3.8, 4) is 5.75 Å². The molecule has 0 N–H and O–H groups in total. The maximum atomic E-state index is 12.2. The number of aromatic nitrogens is 2. The number of benzene rings is 1. The van der Waals surface area contributed by atoms with Gasteiger partial charge in [-0.3, -0.25) is 14.3 Å². The molecule has 1 aromatic heterocycles. The van der Waals surface area contributed by atoms with Crippen LogP contribution in [0.5, 0.6) is 5.75 Å². The lowest BCUT2D eigenvalue weighted by Gasteiger charge is -2.15. The van der Waals surface area contributed by atoms with Crippen LogP contribution in [0.15, 0.2) is 24.3 Å². The van der Waals surface area contributed by atoms with Crippen molar-refractivity contribution in [2.24, 2.45) is 7.05 Å². The van der Waals surface area contributed by atoms with Crippen LogP contribution < -0.4 is 9.64 Å². The average Bonchev–Trinajstić information content (AvgIpc) is 3.07. The van der Waals surface area contributed by atoms with Gasteiger partial charge in [-0.1, -0.05) is 0 Å². The van der Waals surface area contributed by atoms with E-state index in [1.807, 2.05) is 33.0 Å². The standard InChI is InChI=1S/C18H21N3O3/c1-12-16(13(2)20(3)19-12)11-18(23)24-15-8-6-14(7-9-15)21-10-4-5-17(21)22/h6-9H,4-5,10-11H2,1-3H3. The van der Waals surface area contributed by atoms with Crippen LogP contribution in [-0.2, 0) is 23.1 Å². The van der Waals surface area contributed by atoms with Gasteiger partial charge in [-0.2, -0.15) is 5.10 Å². The first kappa shape index (κ1) is 16.2. The highest BCUT2D eigenvalue weighted by Gasteiger charge is 2.21. The Bertz CT molecular complexity index is 778. The minimum absolute atomic E-state index is 0.141. The van der Waals surface area contributed by atoms with Gasteiger partial charge in [0.05, 0.1) is 12.1 Å². The van der Waals surface area contributed by atoms with E-state index in [0.29, 0.717) is 12.2 Å². The van der Waals surface area contributed by atoms with Crippen LogP contribution in [0, 0.1) is 13.8 Å². The van der Waals surface area contributed by atoms with Gasteiger partial charge in [-0.05, 0) is 44.5 Å². The summed E-state index contributed by atoms with van der Waals surface area (Å²) in [4.78, 5) is 25.7. The number of aryl methyl sites for hydroxylation is 2. The van der Waals surface area contributed by atoms with Crippen LogP contribution in [0.1, 0.15) is 29.8 Å². The Balaban J connectivity index is 1.65. The first-order valence-corrected chi connectivity index (χ1v) is 8.06. The number of esters is 1. The largest absolute Gasteiger partial charge is 0.426 e. The molecule has 126 valence electrons. The topological polar surface area (TPSA) is 64.4 Å². The molecule has 2 heterocycles. The molecule has 1 fully saturated rings. The highest BCUT2D eigenvalue weighted by Crippen LogP contribution is 2.24. The van der Waals surface area contributed by atoms with E-state index in [-0.39, 0.29) is 18.3 Å². The second-order valence-electron chi connectivity index (χ2n) is 6.07. The Morgan fingerprint density at radius 2 is 1.96 bits per heavy atom. The van der Waals surface area contributed by atoms with Gasteiger partial charge in [0.25, 0.3) is 0 Å². The van der Waals surface area contributed by atoms with Crippen LogP contribution >= 0.6 is 0 Å². The molecule has 6 heteroatoms. The van der Waals surface area contributed by atoms with Gasteiger partial charge in [-0.15, -0.1) is 0 Å². The third-order valence-corrected chi connectivity index (χ3v) is 4.43. The lowest BCUT2D eigenvalue weighted by molar-refractivity contribution is -0.133. The van der Waals surface area contributed by atoms with Gasteiger partial charge >= 0.3 is 5.97 Å². The Labute approximate surface area is 141 Å². The summed E-state index contributed by atoms with van der Waals surface area (Å²) in [6, 6.07) is 7.07. The third kappa shape index (κ3) is 3.18. The van der Waals surface area contributed by atoms with Gasteiger partial charge in [0.1, 0.15) is 5.75 Å². The van der Waals surface area contributed by atoms with Crippen LogP contribution in [0.4, 0.5) is 5.69 Å². The monoisotopic (exact) mass is 327 g/mol. The van der Waals surface area contributed by atoms with Crippen molar-refractivity contribution in [2.45, 2.75) is 33.1 Å². The average molecular weight is 327 g/mol. The molecule has 2 aromatic rings. The second kappa shape index (κ2) is 6.47. The van der Waals surface area contributed by atoms with Crippen LogP contribution in [0.25, 0.3) is 0 Å². The van der Waals surface area contributed by atoms with Crippen molar-refractivity contribution in [1.29, 1.82) is 0 Å². The van der Waals surface area contributed by atoms with E-state index >= 15 is 0 Å². The first-order chi connectivity index (χ1) is 11.5. The zero-order valence-electron chi connectivity index (χ0n) is 14.2. The predicted octanol–water partition coefficient (Wildman–Crippen LogP) is 2.31. The Morgan fingerprint density at radius 3 is 2.50 bits per heavy atom. The number of amides is 1. The zero-order chi connectivity index (χ0) is 17.3. The maximum Gasteiger partial charge on any atom is 0.315 e. The fourth-order valence-corrected chi connectivity index (χ4v) is 3.00. The summed E-state index contributed by atoms with van der Waals surface area (Å²) in [5, 5.41) is 4.30. The van der Waals surface area contributed by atoms with Crippen LogP contribution in [0.3, 0.4) is 0 Å². The van der Waals surface area contributed by atoms with Crippen molar-refractivity contribution >= 4 is 17.6 Å². The van der Waals surface area contributed by atoms with Gasteiger partial charge in [-0.25, -0.2) is 0 Å². The van der Waals surface area contributed by atoms with Crippen molar-refractivity contribution in [3.05, 3.63) is 41.2 Å².